The third-order valence-corrected chi connectivity index (χ3v) is 4.61. The molecule has 1 aromatic carbocycles. The molecule has 1 aromatic heterocycles. The van der Waals surface area contributed by atoms with Crippen molar-refractivity contribution in [1.82, 2.24) is 15.8 Å². The first-order valence-corrected chi connectivity index (χ1v) is 8.69. The lowest BCUT2D eigenvalue weighted by Crippen LogP contribution is -2.41. The third-order valence-electron chi connectivity index (χ3n) is 4.12. The van der Waals surface area contributed by atoms with Crippen LogP contribution in [0, 0.1) is 0 Å². The van der Waals surface area contributed by atoms with Gasteiger partial charge in [0.2, 0.25) is 0 Å². The molecule has 1 aliphatic rings. The molecule has 0 unspecified atom stereocenters. The van der Waals surface area contributed by atoms with Crippen molar-refractivity contribution in [2.24, 2.45) is 4.99 Å². The van der Waals surface area contributed by atoms with Gasteiger partial charge in [0.05, 0.1) is 6.54 Å². The summed E-state index contributed by atoms with van der Waals surface area (Å²) in [5.74, 6) is 0.816. The molecule has 0 atom stereocenters. The lowest BCUT2D eigenvalue weighted by atomic mass is 9.96. The van der Waals surface area contributed by atoms with Crippen LogP contribution in [-0.4, -0.2) is 24.2 Å². The molecule has 1 fully saturated rings. The highest BCUT2D eigenvalue weighted by Gasteiger charge is 2.44. The highest BCUT2D eigenvalue weighted by molar-refractivity contribution is 9.10. The average molecular weight is 377 g/mol. The molecule has 0 spiro atoms. The first-order valence-electron chi connectivity index (χ1n) is 7.89. The molecule has 23 heavy (non-hydrogen) atoms. The summed E-state index contributed by atoms with van der Waals surface area (Å²) < 4.78 is 5.97. The normalized spacial score (nSPS) is 16.2. The van der Waals surface area contributed by atoms with Crippen LogP contribution in [0.1, 0.15) is 31.0 Å². The van der Waals surface area contributed by atoms with Crippen molar-refractivity contribution < 1.29 is 4.52 Å². The average Bonchev–Trinajstić information content (AvgIpc) is 3.17. The van der Waals surface area contributed by atoms with Gasteiger partial charge < -0.3 is 15.2 Å². The van der Waals surface area contributed by atoms with Gasteiger partial charge in [-0.3, -0.25) is 0 Å². The number of benzene rings is 1. The number of aromatic nitrogens is 1. The fourth-order valence-corrected chi connectivity index (χ4v) is 3.01. The van der Waals surface area contributed by atoms with E-state index in [0.29, 0.717) is 6.54 Å². The first kappa shape index (κ1) is 16.1. The number of aliphatic imine (C=N–C) groups is 1. The Morgan fingerprint density at radius 1 is 1.35 bits per heavy atom. The minimum Gasteiger partial charge on any atom is -0.364 e. The van der Waals surface area contributed by atoms with E-state index in [-0.39, 0.29) is 5.41 Å². The van der Waals surface area contributed by atoms with Gasteiger partial charge in [0.15, 0.2) is 5.96 Å². The van der Waals surface area contributed by atoms with E-state index in [0.717, 1.165) is 29.2 Å². The van der Waals surface area contributed by atoms with Crippen LogP contribution in [-0.2, 0) is 12.0 Å². The Balaban J connectivity index is 1.63. The zero-order chi connectivity index (χ0) is 16.1. The van der Waals surface area contributed by atoms with Crippen molar-refractivity contribution in [2.45, 2.75) is 31.7 Å². The second-order valence-electron chi connectivity index (χ2n) is 5.83. The SMILES string of the molecule is CCNC(=NCc1ccon1)NCC1(c2cccc(Br)c2)CC1. The molecule has 2 N–H and O–H groups in total. The van der Waals surface area contributed by atoms with Crippen LogP contribution in [0.15, 0.2) is 50.6 Å². The molecule has 6 heteroatoms. The highest BCUT2D eigenvalue weighted by atomic mass is 79.9. The predicted octanol–water partition coefficient (Wildman–Crippen LogP) is 3.22. The Morgan fingerprint density at radius 3 is 2.87 bits per heavy atom. The lowest BCUT2D eigenvalue weighted by molar-refractivity contribution is 0.412. The highest BCUT2D eigenvalue weighted by Crippen LogP contribution is 2.48. The smallest absolute Gasteiger partial charge is 0.191 e. The van der Waals surface area contributed by atoms with Gasteiger partial charge in [-0.25, -0.2) is 4.99 Å². The summed E-state index contributed by atoms with van der Waals surface area (Å²) in [5.41, 5.74) is 2.44. The van der Waals surface area contributed by atoms with Crippen molar-refractivity contribution in [3.8, 4) is 0 Å². The summed E-state index contributed by atoms with van der Waals surface area (Å²) in [7, 11) is 0. The van der Waals surface area contributed by atoms with Gasteiger partial charge in [-0.15, -0.1) is 0 Å². The summed E-state index contributed by atoms with van der Waals surface area (Å²) in [4.78, 5) is 4.56. The summed E-state index contributed by atoms with van der Waals surface area (Å²) in [6, 6.07) is 10.4. The van der Waals surface area contributed by atoms with Gasteiger partial charge in [-0.05, 0) is 37.5 Å². The Bertz CT molecular complexity index is 665. The van der Waals surface area contributed by atoms with Crippen molar-refractivity contribution >= 4 is 21.9 Å². The molecule has 3 rings (SSSR count). The van der Waals surface area contributed by atoms with Gasteiger partial charge >= 0.3 is 0 Å². The van der Waals surface area contributed by atoms with Crippen LogP contribution in [0.4, 0.5) is 0 Å². The standard InChI is InChI=1S/C17H21BrN4O/c1-2-19-16(20-11-15-6-9-23-22-15)21-12-17(7-8-17)13-4-3-5-14(18)10-13/h3-6,9-10H,2,7-8,11-12H2,1H3,(H2,19,20,21). The molecule has 5 nitrogen and oxygen atoms in total. The Labute approximate surface area is 144 Å². The van der Waals surface area contributed by atoms with Crippen molar-refractivity contribution in [3.05, 3.63) is 52.3 Å². The predicted molar refractivity (Wildman–Crippen MR) is 94.4 cm³/mol. The summed E-state index contributed by atoms with van der Waals surface area (Å²) in [6.45, 7) is 4.28. The van der Waals surface area contributed by atoms with E-state index >= 15 is 0 Å². The number of nitrogens with one attached hydrogen (secondary N) is 2. The van der Waals surface area contributed by atoms with Gasteiger partial charge in [0.1, 0.15) is 12.0 Å². The molecule has 0 bridgehead atoms. The zero-order valence-corrected chi connectivity index (χ0v) is 14.8. The van der Waals surface area contributed by atoms with E-state index in [1.165, 1.54) is 18.4 Å². The summed E-state index contributed by atoms with van der Waals surface area (Å²) in [5, 5.41) is 10.6. The fraction of sp³-hybridized carbons (Fsp3) is 0.412. The summed E-state index contributed by atoms with van der Waals surface area (Å²) in [6.07, 6.45) is 3.98. The summed E-state index contributed by atoms with van der Waals surface area (Å²) >= 11 is 3.56. The van der Waals surface area contributed by atoms with E-state index in [1.54, 1.807) is 6.26 Å². The molecule has 0 aliphatic heterocycles. The van der Waals surface area contributed by atoms with Crippen LogP contribution < -0.4 is 10.6 Å². The second-order valence-corrected chi connectivity index (χ2v) is 6.75. The quantitative estimate of drug-likeness (QED) is 0.600. The largest absolute Gasteiger partial charge is 0.364 e. The molecule has 122 valence electrons. The van der Waals surface area contributed by atoms with Gasteiger partial charge in [-0.2, -0.15) is 0 Å². The minimum atomic E-state index is 0.230. The Kier molecular flexibility index (Phi) is 5.00. The number of nitrogens with zero attached hydrogens (tertiary/aromatic N) is 2. The van der Waals surface area contributed by atoms with Crippen molar-refractivity contribution in [2.75, 3.05) is 13.1 Å². The molecule has 1 aliphatic carbocycles. The van der Waals surface area contributed by atoms with E-state index in [9.17, 15) is 0 Å². The Morgan fingerprint density at radius 2 is 2.22 bits per heavy atom. The van der Waals surface area contributed by atoms with Crippen LogP contribution in [0.5, 0.6) is 0 Å². The van der Waals surface area contributed by atoms with Gasteiger partial charge in [0.25, 0.3) is 0 Å². The minimum absolute atomic E-state index is 0.230. The Hall–Kier alpha value is -1.82. The molecule has 0 saturated heterocycles. The van der Waals surface area contributed by atoms with Crippen LogP contribution >= 0.6 is 15.9 Å². The van der Waals surface area contributed by atoms with E-state index < -0.39 is 0 Å². The first-order chi connectivity index (χ1) is 11.2. The topological polar surface area (TPSA) is 62.5 Å². The molecular formula is C17H21BrN4O. The molecular weight excluding hydrogens is 356 g/mol. The maximum atomic E-state index is 4.84. The van der Waals surface area contributed by atoms with E-state index in [4.69, 9.17) is 4.52 Å². The second kappa shape index (κ2) is 7.17. The van der Waals surface area contributed by atoms with Gasteiger partial charge in [0, 0.05) is 29.0 Å². The molecule has 1 heterocycles. The fourth-order valence-electron chi connectivity index (χ4n) is 2.61. The molecule has 0 radical (unpaired) electrons. The van der Waals surface area contributed by atoms with E-state index in [1.807, 2.05) is 6.07 Å². The van der Waals surface area contributed by atoms with E-state index in [2.05, 4.69) is 67.9 Å². The molecule has 0 amide bonds. The third kappa shape index (κ3) is 4.13. The number of hydrogen-bond acceptors (Lipinski definition) is 3. The number of rotatable bonds is 6. The number of hydrogen-bond donors (Lipinski definition) is 2. The zero-order valence-electron chi connectivity index (χ0n) is 13.2. The van der Waals surface area contributed by atoms with Gasteiger partial charge in [-0.1, -0.05) is 33.2 Å². The lowest BCUT2D eigenvalue weighted by Gasteiger charge is -2.19. The van der Waals surface area contributed by atoms with Crippen molar-refractivity contribution in [1.29, 1.82) is 0 Å². The molecule has 1 saturated carbocycles. The number of halogens is 1. The number of guanidine groups is 1. The monoisotopic (exact) mass is 376 g/mol. The maximum absolute atomic E-state index is 4.84. The van der Waals surface area contributed by atoms with Crippen molar-refractivity contribution in [3.63, 3.8) is 0 Å². The van der Waals surface area contributed by atoms with Crippen LogP contribution in [0.2, 0.25) is 0 Å². The molecule has 2 aromatic rings. The van der Waals surface area contributed by atoms with Crippen LogP contribution in [0.3, 0.4) is 0 Å². The van der Waals surface area contributed by atoms with Crippen LogP contribution in [0.25, 0.3) is 0 Å². The maximum Gasteiger partial charge on any atom is 0.191 e.